The average molecular weight is 304 g/mol. The highest BCUT2D eigenvalue weighted by Gasteiger charge is 2.39. The van der Waals surface area contributed by atoms with Gasteiger partial charge in [0.2, 0.25) is 12.2 Å². The van der Waals surface area contributed by atoms with Crippen LogP contribution in [0.15, 0.2) is 0 Å². The lowest BCUT2D eigenvalue weighted by atomic mass is 10.1. The molecule has 0 radical (unpaired) electrons. The van der Waals surface area contributed by atoms with E-state index >= 15 is 0 Å². The van der Waals surface area contributed by atoms with E-state index in [1.807, 2.05) is 0 Å². The molecule has 0 spiro atoms. The van der Waals surface area contributed by atoms with E-state index in [-0.39, 0.29) is 0 Å². The number of rotatable bonds is 7. The van der Waals surface area contributed by atoms with Crippen molar-refractivity contribution in [3.05, 3.63) is 0 Å². The number of carbonyl (C=O) groups excluding carboxylic acids is 4. The number of carboxylic acid groups (broad SMARTS) is 1. The van der Waals surface area contributed by atoms with Gasteiger partial charge in [-0.05, 0) is 13.8 Å². The highest BCUT2D eigenvalue weighted by Crippen LogP contribution is 2.11. The number of carboxylic acids is 1. The molecule has 118 valence electrons. The summed E-state index contributed by atoms with van der Waals surface area (Å²) >= 11 is 0. The average Bonchev–Trinajstić information content (AvgIpc) is 2.32. The topological polar surface area (TPSA) is 133 Å². The van der Waals surface area contributed by atoms with Gasteiger partial charge in [0.05, 0.1) is 0 Å². The summed E-state index contributed by atoms with van der Waals surface area (Å²) in [6.07, 6.45) is -5.11. The van der Waals surface area contributed by atoms with E-state index in [0.717, 1.165) is 27.7 Å². The van der Waals surface area contributed by atoms with Gasteiger partial charge in [0.15, 0.2) is 11.9 Å². The highest BCUT2D eigenvalue weighted by molar-refractivity contribution is 5.92. The van der Waals surface area contributed by atoms with Crippen molar-refractivity contribution in [3.63, 3.8) is 0 Å². The van der Waals surface area contributed by atoms with Gasteiger partial charge in [0, 0.05) is 13.8 Å². The van der Waals surface area contributed by atoms with E-state index in [0.29, 0.717) is 0 Å². The van der Waals surface area contributed by atoms with E-state index in [4.69, 9.17) is 5.11 Å². The number of ether oxygens (including phenoxy) is 3. The third-order valence-corrected chi connectivity index (χ3v) is 2.13. The summed E-state index contributed by atoms with van der Waals surface area (Å²) in [7, 11) is 0. The molecule has 21 heavy (non-hydrogen) atoms. The second-order valence-electron chi connectivity index (χ2n) is 4.09. The lowest BCUT2D eigenvalue weighted by Crippen LogP contribution is -2.46. The zero-order valence-electron chi connectivity index (χ0n) is 11.9. The van der Waals surface area contributed by atoms with Crippen molar-refractivity contribution in [1.82, 2.24) is 0 Å². The molecule has 0 unspecified atom stereocenters. The van der Waals surface area contributed by atoms with Crippen LogP contribution in [0.25, 0.3) is 0 Å². The Balaban J connectivity index is 5.27. The van der Waals surface area contributed by atoms with Gasteiger partial charge in [-0.25, -0.2) is 9.59 Å². The quantitative estimate of drug-likeness (QED) is 0.486. The standard InChI is InChI=1S/C12H16O9/c1-5(13)9(20-7(3)14)10(21-8(4)15)12(18)19-6(2)11(16)17/h6,9-10H,1-4H3,(H,16,17)/t6-,9-,10+/m0/s1. The number of esters is 3. The Kier molecular flexibility index (Phi) is 7.05. The molecule has 0 fully saturated rings. The predicted molar refractivity (Wildman–Crippen MR) is 65.0 cm³/mol. The van der Waals surface area contributed by atoms with Crippen LogP contribution in [0.3, 0.4) is 0 Å². The molecule has 0 aromatic carbocycles. The highest BCUT2D eigenvalue weighted by atomic mass is 16.6. The van der Waals surface area contributed by atoms with Crippen LogP contribution in [0, 0.1) is 0 Å². The number of hydrogen-bond acceptors (Lipinski definition) is 8. The summed E-state index contributed by atoms with van der Waals surface area (Å²) in [6.45, 7) is 4.04. The summed E-state index contributed by atoms with van der Waals surface area (Å²) in [5.74, 6) is -5.32. The maximum atomic E-state index is 11.8. The second-order valence-corrected chi connectivity index (χ2v) is 4.09. The van der Waals surface area contributed by atoms with Gasteiger partial charge < -0.3 is 19.3 Å². The third-order valence-electron chi connectivity index (χ3n) is 2.13. The fraction of sp³-hybridized carbons (Fsp3) is 0.583. The fourth-order valence-corrected chi connectivity index (χ4v) is 1.24. The maximum absolute atomic E-state index is 11.8. The van der Waals surface area contributed by atoms with Crippen LogP contribution in [0.2, 0.25) is 0 Å². The van der Waals surface area contributed by atoms with Crippen molar-refractivity contribution in [2.24, 2.45) is 0 Å². The lowest BCUT2D eigenvalue weighted by molar-refractivity contribution is -0.187. The molecule has 1 N–H and O–H groups in total. The molecule has 0 amide bonds. The molecule has 0 aliphatic carbocycles. The Morgan fingerprint density at radius 3 is 1.57 bits per heavy atom. The summed E-state index contributed by atoms with van der Waals surface area (Å²) in [5.41, 5.74) is 0. The van der Waals surface area contributed by atoms with Crippen LogP contribution >= 0.6 is 0 Å². The van der Waals surface area contributed by atoms with Gasteiger partial charge in [-0.2, -0.15) is 0 Å². The first-order chi connectivity index (χ1) is 9.56. The zero-order valence-corrected chi connectivity index (χ0v) is 11.9. The number of hydrogen-bond donors (Lipinski definition) is 1. The summed E-state index contributed by atoms with van der Waals surface area (Å²) in [6, 6.07) is 0. The maximum Gasteiger partial charge on any atom is 0.352 e. The number of carbonyl (C=O) groups is 5. The Labute approximate surface area is 120 Å². The van der Waals surface area contributed by atoms with Crippen molar-refractivity contribution < 1.29 is 43.3 Å². The van der Waals surface area contributed by atoms with Gasteiger partial charge in [-0.15, -0.1) is 0 Å². The van der Waals surface area contributed by atoms with Crippen LogP contribution in [0.1, 0.15) is 27.7 Å². The van der Waals surface area contributed by atoms with Crippen LogP contribution in [0.4, 0.5) is 0 Å². The molecule has 0 aliphatic heterocycles. The van der Waals surface area contributed by atoms with Gasteiger partial charge >= 0.3 is 23.9 Å². The largest absolute Gasteiger partial charge is 0.479 e. The Bertz CT molecular complexity index is 454. The molecule has 0 aliphatic rings. The van der Waals surface area contributed by atoms with E-state index in [1.54, 1.807) is 0 Å². The zero-order chi connectivity index (χ0) is 16.7. The normalized spacial score (nSPS) is 14.3. The molecular formula is C12H16O9. The first-order valence-corrected chi connectivity index (χ1v) is 5.84. The molecule has 9 nitrogen and oxygen atoms in total. The van der Waals surface area contributed by atoms with Crippen molar-refractivity contribution in [3.8, 4) is 0 Å². The molecule has 0 rings (SSSR count). The smallest absolute Gasteiger partial charge is 0.352 e. The molecule has 0 heterocycles. The summed E-state index contributed by atoms with van der Waals surface area (Å²) in [5, 5.41) is 8.65. The molecule has 0 aromatic heterocycles. The lowest BCUT2D eigenvalue weighted by Gasteiger charge is -2.23. The minimum absolute atomic E-state index is 0.767. The summed E-state index contributed by atoms with van der Waals surface area (Å²) < 4.78 is 13.8. The third kappa shape index (κ3) is 6.50. The Morgan fingerprint density at radius 2 is 1.24 bits per heavy atom. The van der Waals surface area contributed by atoms with E-state index < -0.39 is 48.0 Å². The van der Waals surface area contributed by atoms with Gasteiger partial charge in [-0.3, -0.25) is 14.4 Å². The monoisotopic (exact) mass is 304 g/mol. The van der Waals surface area contributed by atoms with E-state index in [2.05, 4.69) is 14.2 Å². The molecular weight excluding hydrogens is 288 g/mol. The van der Waals surface area contributed by atoms with Crippen molar-refractivity contribution in [1.29, 1.82) is 0 Å². The van der Waals surface area contributed by atoms with Crippen LogP contribution in [0.5, 0.6) is 0 Å². The second kappa shape index (κ2) is 7.98. The minimum Gasteiger partial charge on any atom is -0.479 e. The minimum atomic E-state index is -1.87. The first-order valence-electron chi connectivity index (χ1n) is 5.84. The van der Waals surface area contributed by atoms with Gasteiger partial charge in [-0.1, -0.05) is 0 Å². The van der Waals surface area contributed by atoms with E-state index in [9.17, 15) is 24.0 Å². The predicted octanol–water partition coefficient (Wildman–Crippen LogP) is -0.545. The van der Waals surface area contributed by atoms with Crippen molar-refractivity contribution in [2.45, 2.75) is 46.0 Å². The molecule has 0 aromatic rings. The molecule has 0 bridgehead atoms. The van der Waals surface area contributed by atoms with E-state index in [1.165, 1.54) is 0 Å². The van der Waals surface area contributed by atoms with Gasteiger partial charge in [0.25, 0.3) is 0 Å². The molecule has 0 saturated carbocycles. The van der Waals surface area contributed by atoms with Crippen molar-refractivity contribution >= 4 is 29.7 Å². The Hall–Kier alpha value is -2.45. The Morgan fingerprint density at radius 1 is 0.810 bits per heavy atom. The van der Waals surface area contributed by atoms with Gasteiger partial charge in [0.1, 0.15) is 0 Å². The molecule has 9 heteroatoms. The van der Waals surface area contributed by atoms with Crippen LogP contribution in [-0.2, 0) is 38.2 Å². The van der Waals surface area contributed by atoms with Crippen LogP contribution in [-0.4, -0.2) is 53.1 Å². The number of Topliss-reactive ketones (excluding diaryl/α,β-unsaturated/α-hetero) is 1. The number of ketones is 1. The molecule has 0 saturated heterocycles. The number of aliphatic carboxylic acids is 1. The summed E-state index contributed by atoms with van der Waals surface area (Å²) in [4.78, 5) is 55.8. The molecule has 3 atom stereocenters. The SMILES string of the molecule is CC(=O)O[C@@H](C(C)=O)[C@@H](OC(C)=O)C(=O)O[C@@H](C)C(=O)O. The van der Waals surface area contributed by atoms with Crippen molar-refractivity contribution in [2.75, 3.05) is 0 Å². The first kappa shape index (κ1) is 18.6. The fourth-order valence-electron chi connectivity index (χ4n) is 1.24. The van der Waals surface area contributed by atoms with Crippen LogP contribution < -0.4 is 0 Å².